The topological polar surface area (TPSA) is 87.7 Å². The van der Waals surface area contributed by atoms with Crippen LogP contribution in [0.15, 0.2) is 59.8 Å². The summed E-state index contributed by atoms with van der Waals surface area (Å²) in [4.78, 5) is 40.2. The molecule has 0 bridgehead atoms. The number of carbonyl (C=O) groups is 3. The summed E-state index contributed by atoms with van der Waals surface area (Å²) in [7, 11) is 0. The molecule has 0 aliphatic carbocycles. The third-order valence-electron chi connectivity index (χ3n) is 5.41. The number of amides is 3. The van der Waals surface area contributed by atoms with Crippen LogP contribution in [-0.4, -0.2) is 36.0 Å². The van der Waals surface area contributed by atoms with Crippen molar-refractivity contribution in [3.8, 4) is 0 Å². The van der Waals surface area contributed by atoms with E-state index in [4.69, 9.17) is 16.3 Å². The largest absolute Gasteiger partial charge is 0.462 e. The molecule has 8 heteroatoms. The van der Waals surface area contributed by atoms with E-state index < -0.39 is 12.0 Å². The van der Waals surface area contributed by atoms with Gasteiger partial charge in [-0.15, -0.1) is 0 Å². The van der Waals surface area contributed by atoms with Gasteiger partial charge in [0.05, 0.1) is 28.8 Å². The lowest BCUT2D eigenvalue weighted by atomic mass is 9.94. The highest BCUT2D eigenvalue weighted by atomic mass is 35.5. The smallest absolute Gasteiger partial charge is 0.338 e. The average molecular weight is 484 g/mol. The van der Waals surface area contributed by atoms with Crippen molar-refractivity contribution in [1.82, 2.24) is 10.2 Å². The highest BCUT2D eigenvalue weighted by Gasteiger charge is 2.36. The van der Waals surface area contributed by atoms with Crippen LogP contribution in [-0.2, 0) is 9.53 Å². The molecule has 1 aliphatic heterocycles. The number of carbonyl (C=O) groups excluding carboxylic acids is 3. The van der Waals surface area contributed by atoms with E-state index in [0.717, 1.165) is 6.42 Å². The van der Waals surface area contributed by atoms with Gasteiger partial charge in [-0.2, -0.15) is 0 Å². The zero-order valence-electron chi connectivity index (χ0n) is 19.9. The number of hydrogen-bond donors (Lipinski definition) is 2. The summed E-state index contributed by atoms with van der Waals surface area (Å²) < 4.78 is 5.53. The lowest BCUT2D eigenvalue weighted by Crippen LogP contribution is -2.48. The number of nitrogens with zero attached hydrogens (tertiary/aromatic N) is 1. The maximum absolute atomic E-state index is 13.1. The molecule has 3 amide bonds. The molecule has 1 heterocycles. The second kappa shape index (κ2) is 11.2. The standard InChI is InChI=1S/C26H30ClN3O4/c1-5-13-30-17(4)22(25(32)34-15-16(2)3)23(29-26(30)33)18-9-8-10-19(14-18)28-24(31)20-11-6-7-12-21(20)27/h6-12,14,16,23H,5,13,15H2,1-4H3,(H,28,31)(H,29,33). The summed E-state index contributed by atoms with van der Waals surface area (Å²) in [5.41, 5.74) is 2.46. The van der Waals surface area contributed by atoms with E-state index in [2.05, 4.69) is 10.6 Å². The normalized spacial score (nSPS) is 15.9. The SMILES string of the molecule is CCCN1C(=O)NC(c2cccc(NC(=O)c3ccccc3Cl)c2)C(C(=O)OCC(C)C)=C1C. The summed E-state index contributed by atoms with van der Waals surface area (Å²) in [5, 5.41) is 6.12. The summed E-state index contributed by atoms with van der Waals surface area (Å²) in [6.07, 6.45) is 0.743. The second-order valence-electron chi connectivity index (χ2n) is 8.58. The van der Waals surface area contributed by atoms with Gasteiger partial charge in [-0.1, -0.05) is 56.6 Å². The Morgan fingerprint density at radius 2 is 1.91 bits per heavy atom. The first kappa shape index (κ1) is 25.3. The predicted octanol–water partition coefficient (Wildman–Crippen LogP) is 5.54. The number of urea groups is 1. The van der Waals surface area contributed by atoms with Gasteiger partial charge in [-0.25, -0.2) is 9.59 Å². The molecule has 2 aromatic rings. The number of rotatable bonds is 8. The molecule has 7 nitrogen and oxygen atoms in total. The molecule has 2 aromatic carbocycles. The highest BCUT2D eigenvalue weighted by molar-refractivity contribution is 6.34. The molecule has 0 aromatic heterocycles. The fraction of sp³-hybridized carbons (Fsp3) is 0.346. The Morgan fingerprint density at radius 3 is 2.59 bits per heavy atom. The van der Waals surface area contributed by atoms with Gasteiger partial charge in [0.2, 0.25) is 0 Å². The highest BCUT2D eigenvalue weighted by Crippen LogP contribution is 2.33. The molecule has 1 atom stereocenters. The minimum absolute atomic E-state index is 0.177. The van der Waals surface area contributed by atoms with Crippen LogP contribution >= 0.6 is 11.6 Å². The quantitative estimate of drug-likeness (QED) is 0.482. The first-order valence-corrected chi connectivity index (χ1v) is 11.7. The van der Waals surface area contributed by atoms with E-state index in [0.29, 0.717) is 39.7 Å². The average Bonchev–Trinajstić information content (AvgIpc) is 2.80. The first-order chi connectivity index (χ1) is 16.2. The van der Waals surface area contributed by atoms with Gasteiger partial charge in [0.1, 0.15) is 0 Å². The van der Waals surface area contributed by atoms with Crippen molar-refractivity contribution in [2.45, 2.75) is 40.2 Å². The summed E-state index contributed by atoms with van der Waals surface area (Å²) in [5.74, 6) is -0.646. The van der Waals surface area contributed by atoms with Gasteiger partial charge in [0, 0.05) is 17.9 Å². The number of benzene rings is 2. The maximum atomic E-state index is 13.1. The van der Waals surface area contributed by atoms with Crippen LogP contribution in [0, 0.1) is 5.92 Å². The zero-order valence-corrected chi connectivity index (χ0v) is 20.6. The lowest BCUT2D eigenvalue weighted by molar-refractivity contribution is -0.140. The molecule has 0 radical (unpaired) electrons. The molecule has 0 saturated carbocycles. The summed E-state index contributed by atoms with van der Waals surface area (Å²) in [6, 6.07) is 12.8. The van der Waals surface area contributed by atoms with Gasteiger partial charge in [-0.05, 0) is 49.1 Å². The second-order valence-corrected chi connectivity index (χ2v) is 8.99. The summed E-state index contributed by atoms with van der Waals surface area (Å²) >= 11 is 6.15. The molecule has 1 aliphatic rings. The van der Waals surface area contributed by atoms with E-state index in [1.165, 1.54) is 0 Å². The number of allylic oxidation sites excluding steroid dienone is 1. The van der Waals surface area contributed by atoms with E-state index in [1.54, 1.807) is 60.4 Å². The van der Waals surface area contributed by atoms with E-state index in [9.17, 15) is 14.4 Å². The monoisotopic (exact) mass is 483 g/mol. The fourth-order valence-electron chi connectivity index (χ4n) is 3.75. The Labute approximate surface area is 205 Å². The van der Waals surface area contributed by atoms with Crippen LogP contribution in [0.1, 0.15) is 56.1 Å². The number of halogens is 1. The molecule has 0 spiro atoms. The molecule has 34 heavy (non-hydrogen) atoms. The van der Waals surface area contributed by atoms with Crippen molar-refractivity contribution in [2.75, 3.05) is 18.5 Å². The summed E-state index contributed by atoms with van der Waals surface area (Å²) in [6.45, 7) is 8.41. The van der Waals surface area contributed by atoms with Crippen molar-refractivity contribution in [2.24, 2.45) is 5.92 Å². The molecular formula is C26H30ClN3O4. The molecule has 3 rings (SSSR count). The minimum atomic E-state index is -0.711. The molecule has 1 unspecified atom stereocenters. The Kier molecular flexibility index (Phi) is 8.34. The van der Waals surface area contributed by atoms with Gasteiger partial charge in [-0.3, -0.25) is 9.69 Å². The fourth-order valence-corrected chi connectivity index (χ4v) is 3.97. The van der Waals surface area contributed by atoms with Crippen LogP contribution in [0.5, 0.6) is 0 Å². The van der Waals surface area contributed by atoms with Crippen molar-refractivity contribution >= 4 is 35.2 Å². The molecule has 0 saturated heterocycles. The van der Waals surface area contributed by atoms with Gasteiger partial charge in [0.25, 0.3) is 5.91 Å². The number of esters is 1. The van der Waals surface area contributed by atoms with E-state index in [1.807, 2.05) is 20.8 Å². The Morgan fingerprint density at radius 1 is 1.18 bits per heavy atom. The molecular weight excluding hydrogens is 454 g/mol. The van der Waals surface area contributed by atoms with Crippen molar-refractivity contribution in [3.63, 3.8) is 0 Å². The van der Waals surface area contributed by atoms with E-state index in [-0.39, 0.29) is 24.5 Å². The Bertz CT molecular complexity index is 1110. The van der Waals surface area contributed by atoms with E-state index >= 15 is 0 Å². The predicted molar refractivity (Wildman–Crippen MR) is 133 cm³/mol. The van der Waals surface area contributed by atoms with Crippen LogP contribution < -0.4 is 10.6 Å². The molecule has 0 fully saturated rings. The van der Waals surface area contributed by atoms with Crippen LogP contribution in [0.3, 0.4) is 0 Å². The number of anilines is 1. The van der Waals surface area contributed by atoms with Crippen LogP contribution in [0.25, 0.3) is 0 Å². The first-order valence-electron chi connectivity index (χ1n) is 11.3. The third kappa shape index (κ3) is 5.78. The van der Waals surface area contributed by atoms with Crippen molar-refractivity contribution in [3.05, 3.63) is 76.0 Å². The minimum Gasteiger partial charge on any atom is -0.462 e. The van der Waals surface area contributed by atoms with Gasteiger partial charge < -0.3 is 15.4 Å². The number of nitrogens with one attached hydrogen (secondary N) is 2. The zero-order chi connectivity index (χ0) is 24.8. The molecule has 180 valence electrons. The third-order valence-corrected chi connectivity index (χ3v) is 5.74. The Hall–Kier alpha value is -3.32. The van der Waals surface area contributed by atoms with Gasteiger partial charge >= 0.3 is 12.0 Å². The van der Waals surface area contributed by atoms with Crippen LogP contribution in [0.4, 0.5) is 10.5 Å². The van der Waals surface area contributed by atoms with Gasteiger partial charge in [0.15, 0.2) is 0 Å². The Balaban J connectivity index is 1.94. The number of ether oxygens (including phenoxy) is 1. The maximum Gasteiger partial charge on any atom is 0.338 e. The number of hydrogen-bond acceptors (Lipinski definition) is 4. The lowest BCUT2D eigenvalue weighted by Gasteiger charge is -2.35. The van der Waals surface area contributed by atoms with Crippen molar-refractivity contribution in [1.29, 1.82) is 0 Å². The molecule has 2 N–H and O–H groups in total. The van der Waals surface area contributed by atoms with Crippen LogP contribution in [0.2, 0.25) is 5.02 Å². The van der Waals surface area contributed by atoms with Crippen molar-refractivity contribution < 1.29 is 19.1 Å².